The number of hydrogen-bond donors (Lipinski definition) is 4. The zero-order valence-electron chi connectivity index (χ0n) is 27.9. The topological polar surface area (TPSA) is 171 Å². The van der Waals surface area contributed by atoms with Gasteiger partial charge in [0.05, 0.1) is 46.7 Å². The van der Waals surface area contributed by atoms with E-state index in [0.717, 1.165) is 16.4 Å². The second kappa shape index (κ2) is 16.7. The smallest absolute Gasteiger partial charge is 0.258 e. The highest BCUT2D eigenvalue weighted by molar-refractivity contribution is 7.89. The van der Waals surface area contributed by atoms with Crippen molar-refractivity contribution in [2.75, 3.05) is 43.1 Å². The summed E-state index contributed by atoms with van der Waals surface area (Å²) in [5, 5.41) is 15.6. The largest absolute Gasteiger partial charge is 0.486 e. The molecule has 0 fully saturated rings. The maximum Gasteiger partial charge on any atom is 0.258 e. The Balaban J connectivity index is 1.46. The summed E-state index contributed by atoms with van der Waals surface area (Å²) in [4.78, 5) is 40.5. The molecule has 0 saturated carbocycles. The van der Waals surface area contributed by atoms with E-state index in [9.17, 15) is 32.3 Å². The first-order valence-electron chi connectivity index (χ1n) is 16.2. The van der Waals surface area contributed by atoms with Crippen LogP contribution in [0.1, 0.15) is 56.3 Å². The average molecular weight is 698 g/mol. The lowest BCUT2D eigenvalue weighted by Crippen LogP contribution is -2.50. The lowest BCUT2D eigenvalue weighted by molar-refractivity contribution is -0.116. The van der Waals surface area contributed by atoms with Crippen LogP contribution in [0.5, 0.6) is 5.75 Å². The average Bonchev–Trinajstić information content (AvgIpc) is 3.07. The third-order valence-electron chi connectivity index (χ3n) is 8.47. The van der Waals surface area contributed by atoms with Gasteiger partial charge in [0.15, 0.2) is 5.75 Å². The van der Waals surface area contributed by atoms with Crippen molar-refractivity contribution in [2.45, 2.75) is 63.0 Å². The Kier molecular flexibility index (Phi) is 12.7. The van der Waals surface area contributed by atoms with Crippen LogP contribution in [0.4, 0.5) is 21.5 Å². The Morgan fingerprint density at radius 1 is 1.00 bits per heavy atom. The number of nitrogen functional groups attached to an aromatic ring is 1. The molecule has 0 saturated heterocycles. The molecule has 12 nitrogen and oxygen atoms in total. The number of unbranched alkanes of at least 4 members (excludes halogenated alkanes) is 2. The van der Waals surface area contributed by atoms with E-state index >= 15 is 0 Å². The number of rotatable bonds is 14. The number of carbonyl (C=O) groups excluding carboxylic acids is 3. The van der Waals surface area contributed by atoms with Crippen LogP contribution < -0.4 is 21.1 Å². The molecule has 3 amide bonds. The van der Waals surface area contributed by atoms with Crippen LogP contribution in [0.15, 0.2) is 71.6 Å². The van der Waals surface area contributed by atoms with E-state index in [2.05, 4.69) is 10.6 Å². The number of anilines is 3. The number of ether oxygens (including phenoxy) is 1. The summed E-state index contributed by atoms with van der Waals surface area (Å²) in [5.74, 6) is -1.77. The van der Waals surface area contributed by atoms with Crippen molar-refractivity contribution in [3.8, 4) is 5.75 Å². The lowest BCUT2D eigenvalue weighted by atomic mass is 9.99. The number of nitrogens with one attached hydrogen (secondary N) is 2. The first-order chi connectivity index (χ1) is 23.3. The van der Waals surface area contributed by atoms with Gasteiger partial charge in [-0.15, -0.1) is 0 Å². The van der Waals surface area contributed by atoms with Crippen LogP contribution in [0, 0.1) is 11.7 Å². The van der Waals surface area contributed by atoms with E-state index in [4.69, 9.17) is 10.5 Å². The van der Waals surface area contributed by atoms with E-state index in [1.54, 1.807) is 49.4 Å². The van der Waals surface area contributed by atoms with E-state index in [-0.39, 0.29) is 66.2 Å². The summed E-state index contributed by atoms with van der Waals surface area (Å²) < 4.78 is 47.7. The van der Waals surface area contributed by atoms with Gasteiger partial charge in [0.2, 0.25) is 21.8 Å². The Morgan fingerprint density at radius 3 is 2.24 bits per heavy atom. The van der Waals surface area contributed by atoms with E-state index in [1.807, 2.05) is 6.92 Å². The summed E-state index contributed by atoms with van der Waals surface area (Å²) in [6.45, 7) is 3.27. The molecule has 1 aliphatic rings. The number of likely N-dealkylation sites (N-methyl/N-ethyl adjacent to an activating group) is 1. The van der Waals surface area contributed by atoms with Crippen LogP contribution in [0.3, 0.4) is 0 Å². The van der Waals surface area contributed by atoms with Crippen molar-refractivity contribution in [3.63, 3.8) is 0 Å². The number of hydrogen-bond acceptors (Lipinski definition) is 8. The fourth-order valence-electron chi connectivity index (χ4n) is 5.48. The molecule has 3 atom stereocenters. The van der Waals surface area contributed by atoms with Crippen molar-refractivity contribution < 1.29 is 37.0 Å². The predicted octanol–water partition coefficient (Wildman–Crippen LogP) is 4.48. The Hall–Kier alpha value is -4.53. The molecule has 0 aliphatic carbocycles. The van der Waals surface area contributed by atoms with Crippen LogP contribution >= 0.6 is 0 Å². The van der Waals surface area contributed by atoms with Crippen LogP contribution in [-0.2, 0) is 19.6 Å². The molecule has 0 unspecified atom stereocenters. The summed E-state index contributed by atoms with van der Waals surface area (Å²) in [6, 6.07) is 15.7. The van der Waals surface area contributed by atoms with Gasteiger partial charge in [0.1, 0.15) is 11.9 Å². The van der Waals surface area contributed by atoms with Gasteiger partial charge in [-0.1, -0.05) is 31.5 Å². The van der Waals surface area contributed by atoms with Gasteiger partial charge in [-0.25, -0.2) is 12.8 Å². The van der Waals surface area contributed by atoms with Crippen LogP contribution in [-0.4, -0.2) is 79.3 Å². The number of amides is 3. The number of halogens is 1. The molecule has 0 aromatic heterocycles. The Labute approximate surface area is 286 Å². The SMILES string of the molecule is C[C@@H]1CN([C@H](C)CO)C(=O)c2cccc(NC(=O)CCCCCC(=O)Nc3ccccc3N)c2O[C@@H]1CN(C)S(=O)(=O)c1ccc(F)cc1. The third-order valence-corrected chi connectivity index (χ3v) is 10.3. The van der Waals surface area contributed by atoms with Gasteiger partial charge >= 0.3 is 0 Å². The normalized spacial score (nSPS) is 17.0. The number of nitrogens with zero attached hydrogens (tertiary/aromatic N) is 2. The van der Waals surface area contributed by atoms with E-state index in [1.165, 1.54) is 24.1 Å². The molecule has 0 radical (unpaired) electrons. The second-order valence-electron chi connectivity index (χ2n) is 12.3. The molecule has 3 aromatic carbocycles. The van der Waals surface area contributed by atoms with Gasteiger partial charge in [0.25, 0.3) is 5.91 Å². The summed E-state index contributed by atoms with van der Waals surface area (Å²) >= 11 is 0. The van der Waals surface area contributed by atoms with Gasteiger partial charge < -0.3 is 31.1 Å². The molecular formula is C35H44FN5O7S. The number of para-hydroxylation sites is 3. The van der Waals surface area contributed by atoms with Crippen molar-refractivity contribution in [2.24, 2.45) is 5.92 Å². The number of sulfonamides is 1. The molecule has 4 rings (SSSR count). The van der Waals surface area contributed by atoms with Crippen LogP contribution in [0.2, 0.25) is 0 Å². The highest BCUT2D eigenvalue weighted by Gasteiger charge is 2.36. The number of fused-ring (bicyclic) bond motifs is 1. The molecule has 1 heterocycles. The minimum absolute atomic E-state index is 0.0875. The molecule has 0 spiro atoms. The van der Waals surface area contributed by atoms with E-state index in [0.29, 0.717) is 30.6 Å². The molecule has 3 aromatic rings. The second-order valence-corrected chi connectivity index (χ2v) is 14.3. The van der Waals surface area contributed by atoms with Gasteiger partial charge in [-0.05, 0) is 68.3 Å². The summed E-state index contributed by atoms with van der Waals surface area (Å²) in [7, 11) is -2.63. The zero-order chi connectivity index (χ0) is 35.7. The minimum Gasteiger partial charge on any atom is -0.486 e. The highest BCUT2D eigenvalue weighted by atomic mass is 32.2. The maximum atomic E-state index is 13.8. The third kappa shape index (κ3) is 9.55. The quantitative estimate of drug-likeness (QED) is 0.141. The number of benzene rings is 3. The first kappa shape index (κ1) is 37.3. The molecule has 0 bridgehead atoms. The van der Waals surface area contributed by atoms with Crippen molar-refractivity contribution in [1.82, 2.24) is 9.21 Å². The number of aliphatic hydroxyl groups excluding tert-OH is 1. The highest BCUT2D eigenvalue weighted by Crippen LogP contribution is 2.35. The van der Waals surface area contributed by atoms with Crippen molar-refractivity contribution in [3.05, 3.63) is 78.1 Å². The number of nitrogens with two attached hydrogens (primary N) is 1. The van der Waals surface area contributed by atoms with Crippen LogP contribution in [0.25, 0.3) is 0 Å². The summed E-state index contributed by atoms with van der Waals surface area (Å²) in [6.07, 6.45) is 1.33. The standard InChI is InChI=1S/C35H44FN5O7S/c1-23-20-41(24(2)22-42)35(45)27-10-9-13-30(34(27)48-31(23)21-40(3)49(46,47)26-18-16-25(36)17-19-26)39-33(44)15-6-4-5-14-32(43)38-29-12-8-7-11-28(29)37/h7-13,16-19,23-24,31,42H,4-6,14-15,20-22,37H2,1-3H3,(H,38,43)(H,39,44)/t23-,24-,31-/m1/s1. The summed E-state index contributed by atoms with van der Waals surface area (Å²) in [5.41, 5.74) is 7.31. The fraction of sp³-hybridized carbons (Fsp3) is 0.400. The maximum absolute atomic E-state index is 13.8. The molecule has 5 N–H and O–H groups in total. The van der Waals surface area contributed by atoms with E-state index < -0.39 is 39.8 Å². The molecule has 49 heavy (non-hydrogen) atoms. The van der Waals surface area contributed by atoms with Crippen molar-refractivity contribution in [1.29, 1.82) is 0 Å². The predicted molar refractivity (Wildman–Crippen MR) is 185 cm³/mol. The van der Waals surface area contributed by atoms with Gasteiger partial charge in [-0.2, -0.15) is 4.31 Å². The number of carbonyl (C=O) groups is 3. The fourth-order valence-corrected chi connectivity index (χ4v) is 6.66. The molecular weight excluding hydrogens is 653 g/mol. The Morgan fingerprint density at radius 2 is 1.61 bits per heavy atom. The lowest BCUT2D eigenvalue weighted by Gasteiger charge is -2.38. The van der Waals surface area contributed by atoms with Gasteiger partial charge in [0, 0.05) is 32.4 Å². The monoisotopic (exact) mass is 697 g/mol. The first-order valence-corrected chi connectivity index (χ1v) is 17.6. The zero-order valence-corrected chi connectivity index (χ0v) is 28.7. The molecule has 264 valence electrons. The Bertz CT molecular complexity index is 1740. The number of aliphatic hydroxyl groups is 1. The molecule has 1 aliphatic heterocycles. The van der Waals surface area contributed by atoms with Crippen molar-refractivity contribution >= 4 is 44.8 Å². The molecule has 14 heteroatoms. The van der Waals surface area contributed by atoms with Gasteiger partial charge in [-0.3, -0.25) is 14.4 Å². The minimum atomic E-state index is -4.02.